The summed E-state index contributed by atoms with van der Waals surface area (Å²) in [5, 5.41) is 0. The largest absolute Gasteiger partial charge is 0.0622 e. The molecule has 0 heteroatoms. The zero-order chi connectivity index (χ0) is 9.97. The summed E-state index contributed by atoms with van der Waals surface area (Å²) < 4.78 is 0. The van der Waals surface area contributed by atoms with Crippen molar-refractivity contribution in [2.24, 2.45) is 0 Å². The summed E-state index contributed by atoms with van der Waals surface area (Å²) in [4.78, 5) is 0. The van der Waals surface area contributed by atoms with E-state index < -0.39 is 0 Å². The van der Waals surface area contributed by atoms with Crippen molar-refractivity contribution in [2.75, 3.05) is 0 Å². The molecule has 1 radical (unpaired) electrons. The van der Waals surface area contributed by atoms with E-state index in [0.717, 1.165) is 5.56 Å². The molecule has 14 heavy (non-hydrogen) atoms. The molecule has 2 aromatic rings. The molecule has 0 heterocycles. The predicted molar refractivity (Wildman–Crippen MR) is 61.1 cm³/mol. The quantitative estimate of drug-likeness (QED) is 0.627. The Labute approximate surface area is 85.2 Å². The second kappa shape index (κ2) is 3.67. The van der Waals surface area contributed by atoms with E-state index in [0.29, 0.717) is 0 Å². The first kappa shape index (κ1) is 9.01. The van der Waals surface area contributed by atoms with E-state index in [-0.39, 0.29) is 0 Å². The maximum Gasteiger partial charge on any atom is -0.0152 e. The molecule has 0 aromatic heterocycles. The number of benzene rings is 2. The fourth-order valence-electron chi connectivity index (χ4n) is 1.62. The molecule has 0 spiro atoms. The fraction of sp³-hybridized carbons (Fsp3) is 0.0714. The summed E-state index contributed by atoms with van der Waals surface area (Å²) in [6.45, 7) is 6.14. The molecule has 0 aliphatic carbocycles. The van der Waals surface area contributed by atoms with Crippen LogP contribution < -0.4 is 0 Å². The van der Waals surface area contributed by atoms with Crippen molar-refractivity contribution >= 4 is 0 Å². The van der Waals surface area contributed by atoms with Gasteiger partial charge in [0.2, 0.25) is 0 Å². The molecule has 69 valence electrons. The average Bonchev–Trinajstić information content (AvgIpc) is 2.19. The Balaban J connectivity index is 2.53. The Bertz CT molecular complexity index is 427. The van der Waals surface area contributed by atoms with Crippen LogP contribution in [0.25, 0.3) is 11.1 Å². The highest BCUT2D eigenvalue weighted by Gasteiger charge is 2.00. The minimum atomic E-state index is 1.09. The zero-order valence-electron chi connectivity index (χ0n) is 8.33. The maximum absolute atomic E-state index is 4.06. The Morgan fingerprint density at radius 2 is 1.64 bits per heavy atom. The topological polar surface area (TPSA) is 0 Å². The van der Waals surface area contributed by atoms with E-state index >= 15 is 0 Å². The lowest BCUT2D eigenvalue weighted by Gasteiger charge is -2.06. The third-order valence-corrected chi connectivity index (χ3v) is 2.35. The van der Waals surface area contributed by atoms with Gasteiger partial charge >= 0.3 is 0 Å². The van der Waals surface area contributed by atoms with Crippen LogP contribution >= 0.6 is 0 Å². The van der Waals surface area contributed by atoms with E-state index in [9.17, 15) is 0 Å². The lowest BCUT2D eigenvalue weighted by atomic mass is 9.99. The normalized spacial score (nSPS) is 10.1. The van der Waals surface area contributed by atoms with E-state index in [1.165, 1.54) is 16.7 Å². The molecule has 0 unspecified atom stereocenters. The van der Waals surface area contributed by atoms with Gasteiger partial charge in [-0.3, -0.25) is 0 Å². The van der Waals surface area contributed by atoms with Crippen LogP contribution in [0, 0.1) is 13.8 Å². The molecule has 2 rings (SSSR count). The highest BCUT2D eigenvalue weighted by Crippen LogP contribution is 2.23. The molecule has 0 saturated carbocycles. The van der Waals surface area contributed by atoms with Crippen molar-refractivity contribution in [2.45, 2.75) is 6.92 Å². The zero-order valence-corrected chi connectivity index (χ0v) is 8.33. The van der Waals surface area contributed by atoms with Crippen LogP contribution in [-0.2, 0) is 0 Å². The monoisotopic (exact) mass is 181 g/mol. The van der Waals surface area contributed by atoms with Crippen LogP contribution in [0.15, 0.2) is 48.5 Å². The summed E-state index contributed by atoms with van der Waals surface area (Å²) in [6.07, 6.45) is 0. The van der Waals surface area contributed by atoms with Crippen molar-refractivity contribution in [3.05, 3.63) is 66.6 Å². The molecule has 0 bridgehead atoms. The van der Waals surface area contributed by atoms with Crippen LogP contribution in [0.3, 0.4) is 0 Å². The smallest absolute Gasteiger partial charge is 0.0152 e. The van der Waals surface area contributed by atoms with Gasteiger partial charge in [0.05, 0.1) is 0 Å². The Morgan fingerprint density at radius 1 is 0.929 bits per heavy atom. The SMILES string of the molecule is [CH2]c1cc(C)ccc1-c1ccccc1. The van der Waals surface area contributed by atoms with Gasteiger partial charge in [0.15, 0.2) is 0 Å². The van der Waals surface area contributed by atoms with Gasteiger partial charge < -0.3 is 0 Å². The van der Waals surface area contributed by atoms with Crippen molar-refractivity contribution in [1.29, 1.82) is 0 Å². The highest BCUT2D eigenvalue weighted by molar-refractivity contribution is 5.68. The van der Waals surface area contributed by atoms with Crippen LogP contribution in [0.5, 0.6) is 0 Å². The van der Waals surface area contributed by atoms with E-state index in [2.05, 4.69) is 56.3 Å². The number of aryl methyl sites for hydroxylation is 1. The van der Waals surface area contributed by atoms with Crippen molar-refractivity contribution in [3.63, 3.8) is 0 Å². The average molecular weight is 181 g/mol. The fourth-order valence-corrected chi connectivity index (χ4v) is 1.62. The second-order valence-corrected chi connectivity index (χ2v) is 3.53. The molecule has 0 fully saturated rings. The third kappa shape index (κ3) is 1.69. The number of hydrogen-bond acceptors (Lipinski definition) is 0. The van der Waals surface area contributed by atoms with E-state index in [4.69, 9.17) is 0 Å². The Hall–Kier alpha value is -1.56. The first-order valence-corrected chi connectivity index (χ1v) is 4.75. The van der Waals surface area contributed by atoms with Crippen LogP contribution in [0.2, 0.25) is 0 Å². The van der Waals surface area contributed by atoms with Crippen molar-refractivity contribution in [3.8, 4) is 11.1 Å². The highest BCUT2D eigenvalue weighted by atomic mass is 14.0. The summed E-state index contributed by atoms with van der Waals surface area (Å²) in [7, 11) is 0. The van der Waals surface area contributed by atoms with Gasteiger partial charge in [0, 0.05) is 0 Å². The van der Waals surface area contributed by atoms with Gasteiger partial charge in [-0.25, -0.2) is 0 Å². The van der Waals surface area contributed by atoms with Gasteiger partial charge in [0.1, 0.15) is 0 Å². The van der Waals surface area contributed by atoms with Gasteiger partial charge in [-0.15, -0.1) is 0 Å². The molecule has 0 atom stereocenters. The van der Waals surface area contributed by atoms with E-state index in [1.807, 2.05) is 6.07 Å². The second-order valence-electron chi connectivity index (χ2n) is 3.53. The lowest BCUT2D eigenvalue weighted by Crippen LogP contribution is -1.83. The summed E-state index contributed by atoms with van der Waals surface area (Å²) in [5.74, 6) is 0. The Morgan fingerprint density at radius 3 is 2.29 bits per heavy atom. The molecule has 0 amide bonds. The summed E-state index contributed by atoms with van der Waals surface area (Å²) in [5.41, 5.74) is 4.81. The van der Waals surface area contributed by atoms with Gasteiger partial charge in [-0.1, -0.05) is 54.1 Å². The third-order valence-electron chi connectivity index (χ3n) is 2.35. The molecule has 0 nitrogen and oxygen atoms in total. The molecule has 0 N–H and O–H groups in total. The van der Waals surface area contributed by atoms with Crippen molar-refractivity contribution < 1.29 is 0 Å². The molecule has 0 aliphatic rings. The van der Waals surface area contributed by atoms with Crippen LogP contribution in [-0.4, -0.2) is 0 Å². The van der Waals surface area contributed by atoms with E-state index in [1.54, 1.807) is 0 Å². The molecule has 0 aliphatic heterocycles. The molecular formula is C14H13. The molecule has 0 saturated heterocycles. The van der Waals surface area contributed by atoms with Gasteiger partial charge in [-0.05, 0) is 30.5 Å². The van der Waals surface area contributed by atoms with Crippen LogP contribution in [0.1, 0.15) is 11.1 Å². The predicted octanol–water partition coefficient (Wildman–Crippen LogP) is 3.84. The minimum absolute atomic E-state index is 1.09. The minimum Gasteiger partial charge on any atom is -0.0622 e. The number of hydrogen-bond donors (Lipinski definition) is 0. The summed E-state index contributed by atoms with van der Waals surface area (Å²) in [6, 6.07) is 16.7. The van der Waals surface area contributed by atoms with Gasteiger partial charge in [-0.2, -0.15) is 0 Å². The first-order valence-electron chi connectivity index (χ1n) is 4.75. The molecule has 2 aromatic carbocycles. The standard InChI is InChI=1S/C14H13/c1-11-8-9-14(12(2)10-11)13-6-4-3-5-7-13/h3-10H,2H2,1H3. The van der Waals surface area contributed by atoms with Gasteiger partial charge in [0.25, 0.3) is 0 Å². The number of rotatable bonds is 1. The lowest BCUT2D eigenvalue weighted by molar-refractivity contribution is 1.44. The first-order chi connectivity index (χ1) is 6.77. The molecular weight excluding hydrogens is 168 g/mol. The summed E-state index contributed by atoms with van der Waals surface area (Å²) >= 11 is 0. The van der Waals surface area contributed by atoms with Crippen LogP contribution in [0.4, 0.5) is 0 Å². The van der Waals surface area contributed by atoms with Crippen molar-refractivity contribution in [1.82, 2.24) is 0 Å². The Kier molecular flexibility index (Phi) is 2.36. The maximum atomic E-state index is 4.06.